The SMILES string of the molecule is O=C1/C(=C\c2cc(Cl)c(OCc3cccc(F)c3)c(Cl)c2)SC(=NCc2ccccc2)N1Cc1ccccc1. The predicted octanol–water partition coefficient (Wildman–Crippen LogP) is 8.38. The zero-order chi connectivity index (χ0) is 27.2. The molecule has 0 N–H and O–H groups in total. The summed E-state index contributed by atoms with van der Waals surface area (Å²) in [4.78, 5) is 20.5. The fraction of sp³-hybridized carbons (Fsp3) is 0.0968. The fourth-order valence-electron chi connectivity index (χ4n) is 4.01. The van der Waals surface area contributed by atoms with Crippen LogP contribution in [-0.4, -0.2) is 16.0 Å². The Morgan fingerprint density at radius 3 is 2.15 bits per heavy atom. The van der Waals surface area contributed by atoms with Gasteiger partial charge in [-0.15, -0.1) is 0 Å². The summed E-state index contributed by atoms with van der Waals surface area (Å²) < 4.78 is 19.3. The van der Waals surface area contributed by atoms with Crippen molar-refractivity contribution in [2.24, 2.45) is 4.99 Å². The average Bonchev–Trinajstić information content (AvgIpc) is 3.22. The molecule has 4 aromatic rings. The molecule has 1 fully saturated rings. The van der Waals surface area contributed by atoms with Crippen LogP contribution in [0.5, 0.6) is 5.75 Å². The van der Waals surface area contributed by atoms with Gasteiger partial charge in [-0.2, -0.15) is 0 Å². The Kier molecular flexibility index (Phi) is 8.67. The van der Waals surface area contributed by atoms with Crippen molar-refractivity contribution in [1.29, 1.82) is 0 Å². The Labute approximate surface area is 240 Å². The van der Waals surface area contributed by atoms with E-state index in [-0.39, 0.29) is 18.3 Å². The number of carbonyl (C=O) groups excluding carboxylic acids is 1. The molecule has 0 bridgehead atoms. The quantitative estimate of drug-likeness (QED) is 0.198. The second-order valence-electron chi connectivity index (χ2n) is 8.80. The number of hydrogen-bond donors (Lipinski definition) is 0. The molecular formula is C31H23Cl2FN2O2S. The molecule has 4 nitrogen and oxygen atoms in total. The zero-order valence-corrected chi connectivity index (χ0v) is 23.0. The molecule has 0 atom stereocenters. The number of ether oxygens (including phenoxy) is 1. The highest BCUT2D eigenvalue weighted by molar-refractivity contribution is 8.18. The normalized spacial score (nSPS) is 15.4. The largest absolute Gasteiger partial charge is 0.486 e. The molecule has 0 spiro atoms. The minimum atomic E-state index is -0.345. The second kappa shape index (κ2) is 12.5. The molecule has 0 radical (unpaired) electrons. The average molecular weight is 578 g/mol. The van der Waals surface area contributed by atoms with Crippen LogP contribution in [0.15, 0.2) is 107 Å². The number of aliphatic imine (C=N–C) groups is 1. The molecule has 0 saturated carbocycles. The summed E-state index contributed by atoms with van der Waals surface area (Å²) in [5.41, 5.74) is 3.37. The molecule has 39 heavy (non-hydrogen) atoms. The number of carbonyl (C=O) groups is 1. The van der Waals surface area contributed by atoms with Crippen LogP contribution < -0.4 is 4.74 Å². The first-order chi connectivity index (χ1) is 19.0. The topological polar surface area (TPSA) is 41.9 Å². The lowest BCUT2D eigenvalue weighted by Crippen LogP contribution is -2.28. The van der Waals surface area contributed by atoms with Gasteiger partial charge in [-0.1, -0.05) is 96.0 Å². The molecule has 1 amide bonds. The third-order valence-electron chi connectivity index (χ3n) is 5.90. The number of amides is 1. The molecule has 5 rings (SSSR count). The molecule has 0 aromatic heterocycles. The van der Waals surface area contributed by atoms with E-state index in [9.17, 15) is 9.18 Å². The van der Waals surface area contributed by atoms with Gasteiger partial charge < -0.3 is 4.74 Å². The van der Waals surface area contributed by atoms with Gasteiger partial charge in [0.05, 0.1) is 28.0 Å². The van der Waals surface area contributed by atoms with Crippen molar-refractivity contribution >= 4 is 52.1 Å². The van der Waals surface area contributed by atoms with Crippen molar-refractivity contribution < 1.29 is 13.9 Å². The van der Waals surface area contributed by atoms with Crippen LogP contribution in [0.25, 0.3) is 6.08 Å². The third kappa shape index (κ3) is 6.90. The Bertz CT molecular complexity index is 1520. The van der Waals surface area contributed by atoms with Crippen LogP contribution in [-0.2, 0) is 24.5 Å². The van der Waals surface area contributed by atoms with Crippen molar-refractivity contribution in [2.75, 3.05) is 0 Å². The number of benzene rings is 4. The van der Waals surface area contributed by atoms with E-state index in [4.69, 9.17) is 32.9 Å². The summed E-state index contributed by atoms with van der Waals surface area (Å²) in [7, 11) is 0. The fourth-order valence-corrected chi connectivity index (χ4v) is 5.60. The van der Waals surface area contributed by atoms with E-state index < -0.39 is 0 Å². The Morgan fingerprint density at radius 2 is 1.49 bits per heavy atom. The van der Waals surface area contributed by atoms with Gasteiger partial charge >= 0.3 is 0 Å². The molecule has 1 aliphatic heterocycles. The summed E-state index contributed by atoms with van der Waals surface area (Å²) in [6, 6.07) is 29.2. The number of amidine groups is 1. The molecule has 1 heterocycles. The van der Waals surface area contributed by atoms with Gasteiger partial charge in [0.2, 0.25) is 0 Å². The number of halogens is 3. The van der Waals surface area contributed by atoms with E-state index in [0.29, 0.717) is 50.1 Å². The van der Waals surface area contributed by atoms with Gasteiger partial charge in [0.1, 0.15) is 12.4 Å². The van der Waals surface area contributed by atoms with E-state index in [1.807, 2.05) is 60.7 Å². The van der Waals surface area contributed by atoms with Crippen LogP contribution in [0.2, 0.25) is 10.0 Å². The summed E-state index contributed by atoms with van der Waals surface area (Å²) in [6.07, 6.45) is 1.75. The first kappa shape index (κ1) is 27.0. The zero-order valence-electron chi connectivity index (χ0n) is 20.7. The van der Waals surface area contributed by atoms with E-state index in [1.54, 1.807) is 35.2 Å². The van der Waals surface area contributed by atoms with Gasteiger partial charge in [0.25, 0.3) is 5.91 Å². The van der Waals surface area contributed by atoms with Crippen molar-refractivity contribution in [1.82, 2.24) is 4.90 Å². The molecule has 1 saturated heterocycles. The van der Waals surface area contributed by atoms with Gasteiger partial charge in [-0.3, -0.25) is 14.7 Å². The molecule has 0 unspecified atom stereocenters. The molecule has 4 aromatic carbocycles. The molecular weight excluding hydrogens is 554 g/mol. The maximum atomic E-state index is 13.5. The minimum absolute atomic E-state index is 0.113. The summed E-state index contributed by atoms with van der Waals surface area (Å²) >= 11 is 14.3. The van der Waals surface area contributed by atoms with Gasteiger partial charge in [0.15, 0.2) is 10.9 Å². The molecule has 8 heteroatoms. The lowest BCUT2D eigenvalue weighted by molar-refractivity contribution is -0.122. The van der Waals surface area contributed by atoms with Crippen molar-refractivity contribution in [3.05, 3.63) is 140 Å². The van der Waals surface area contributed by atoms with E-state index in [1.165, 1.54) is 23.9 Å². The van der Waals surface area contributed by atoms with Crippen molar-refractivity contribution in [3.63, 3.8) is 0 Å². The van der Waals surface area contributed by atoms with Crippen LogP contribution >= 0.6 is 35.0 Å². The Balaban J connectivity index is 1.38. The molecule has 0 aliphatic carbocycles. The van der Waals surface area contributed by atoms with Crippen LogP contribution in [0, 0.1) is 5.82 Å². The van der Waals surface area contributed by atoms with E-state index >= 15 is 0 Å². The lowest BCUT2D eigenvalue weighted by Gasteiger charge is -2.15. The number of thioether (sulfide) groups is 1. The van der Waals surface area contributed by atoms with E-state index in [2.05, 4.69) is 0 Å². The van der Waals surface area contributed by atoms with E-state index in [0.717, 1.165) is 11.1 Å². The first-order valence-corrected chi connectivity index (χ1v) is 13.7. The first-order valence-electron chi connectivity index (χ1n) is 12.2. The summed E-state index contributed by atoms with van der Waals surface area (Å²) in [5.74, 6) is -0.192. The van der Waals surface area contributed by atoms with Gasteiger partial charge in [-0.05, 0) is 64.4 Å². The van der Waals surface area contributed by atoms with Gasteiger partial charge in [0, 0.05) is 0 Å². The number of nitrogens with zero attached hydrogens (tertiary/aromatic N) is 2. The second-order valence-corrected chi connectivity index (χ2v) is 10.6. The highest BCUT2D eigenvalue weighted by Gasteiger charge is 2.33. The van der Waals surface area contributed by atoms with Crippen LogP contribution in [0.4, 0.5) is 4.39 Å². The maximum Gasteiger partial charge on any atom is 0.267 e. The highest BCUT2D eigenvalue weighted by atomic mass is 35.5. The summed E-state index contributed by atoms with van der Waals surface area (Å²) in [6.45, 7) is 0.984. The van der Waals surface area contributed by atoms with Crippen LogP contribution in [0.3, 0.4) is 0 Å². The standard InChI is InChI=1S/C31H23Cl2FN2O2S/c32-26-15-24(16-27(33)29(26)38-20-23-12-7-13-25(34)14-23)17-28-30(37)36(19-22-10-5-2-6-11-22)31(39-28)35-18-21-8-3-1-4-9-21/h1-17H,18-20H2/b28-17+,35-31?. The van der Waals surface area contributed by atoms with Crippen LogP contribution in [0.1, 0.15) is 22.3 Å². The number of hydrogen-bond acceptors (Lipinski definition) is 4. The molecule has 1 aliphatic rings. The smallest absolute Gasteiger partial charge is 0.267 e. The third-order valence-corrected chi connectivity index (χ3v) is 7.51. The van der Waals surface area contributed by atoms with Crippen molar-refractivity contribution in [2.45, 2.75) is 19.7 Å². The molecule has 196 valence electrons. The summed E-state index contributed by atoms with van der Waals surface area (Å²) in [5, 5.41) is 1.21. The maximum absolute atomic E-state index is 13.5. The minimum Gasteiger partial charge on any atom is -0.486 e. The predicted molar refractivity (Wildman–Crippen MR) is 157 cm³/mol. The lowest BCUT2D eigenvalue weighted by atomic mass is 10.2. The van der Waals surface area contributed by atoms with Crippen molar-refractivity contribution in [3.8, 4) is 5.75 Å². The highest BCUT2D eigenvalue weighted by Crippen LogP contribution is 2.38. The number of rotatable bonds is 8. The van der Waals surface area contributed by atoms with Gasteiger partial charge in [-0.25, -0.2) is 4.39 Å². The monoisotopic (exact) mass is 576 g/mol. The Morgan fingerprint density at radius 1 is 0.846 bits per heavy atom. The Hall–Kier alpha value is -3.58.